The quantitative estimate of drug-likeness (QED) is 0.481. The van der Waals surface area contributed by atoms with Gasteiger partial charge in [0, 0.05) is 4.90 Å². The Hall–Kier alpha value is -1.75. The van der Waals surface area contributed by atoms with E-state index in [0.717, 1.165) is 29.8 Å². The summed E-state index contributed by atoms with van der Waals surface area (Å²) in [6.45, 7) is 1.40. The average molecular weight is 422 g/mol. The number of alkyl halides is 3. The molecule has 27 heavy (non-hydrogen) atoms. The van der Waals surface area contributed by atoms with Gasteiger partial charge in [0.1, 0.15) is 5.94 Å². The average Bonchev–Trinajstić information content (AvgIpc) is 2.61. The van der Waals surface area contributed by atoms with Gasteiger partial charge in [0.15, 0.2) is 0 Å². The monoisotopic (exact) mass is 422 g/mol. The van der Waals surface area contributed by atoms with E-state index in [-0.39, 0.29) is 28.9 Å². The number of hydrogen-bond donors (Lipinski definition) is 0. The van der Waals surface area contributed by atoms with Crippen LogP contribution >= 0.6 is 0 Å². The van der Waals surface area contributed by atoms with Crippen LogP contribution in [-0.2, 0) is 36.0 Å². The number of hydrogen-bond acceptors (Lipinski definition) is 5. The van der Waals surface area contributed by atoms with Crippen LogP contribution in [-0.4, -0.2) is 31.8 Å². The zero-order valence-corrected chi connectivity index (χ0v) is 15.9. The molecule has 0 N–H and O–H groups in total. The fourth-order valence-electron chi connectivity index (χ4n) is 1.97. The van der Waals surface area contributed by atoms with Crippen molar-refractivity contribution in [3.63, 3.8) is 0 Å². The third-order valence-electron chi connectivity index (χ3n) is 3.41. The summed E-state index contributed by atoms with van der Waals surface area (Å²) in [7, 11) is -5.59. The van der Waals surface area contributed by atoms with Crippen molar-refractivity contribution < 1.29 is 34.7 Å². The van der Waals surface area contributed by atoms with E-state index >= 15 is 0 Å². The van der Waals surface area contributed by atoms with Gasteiger partial charge in [-0.3, -0.25) is 8.39 Å². The lowest BCUT2D eigenvalue weighted by Crippen LogP contribution is -2.13. The van der Waals surface area contributed by atoms with Gasteiger partial charge in [0.05, 0.1) is 34.5 Å². The lowest BCUT2D eigenvalue weighted by atomic mass is 10.2. The summed E-state index contributed by atoms with van der Waals surface area (Å²) in [4.78, 5) is 0.192. The van der Waals surface area contributed by atoms with Crippen LogP contribution in [0.1, 0.15) is 11.1 Å². The zero-order valence-electron chi connectivity index (χ0n) is 14.2. The van der Waals surface area contributed by atoms with E-state index in [9.17, 15) is 25.8 Å². The Morgan fingerprint density at radius 3 is 2.11 bits per heavy atom. The molecule has 10 heteroatoms. The van der Waals surface area contributed by atoms with Crippen molar-refractivity contribution in [3.8, 4) is 0 Å². The second-order valence-corrected chi connectivity index (χ2v) is 8.50. The SMILES string of the molecule is Cc1ccc(S(=O)(=O)OCCOCS(=O)c2ccc(C(F)(F)F)cc2)cc1. The van der Waals surface area contributed by atoms with Gasteiger partial charge in [-0.2, -0.15) is 21.6 Å². The molecule has 0 aromatic heterocycles. The van der Waals surface area contributed by atoms with Gasteiger partial charge in [-0.25, -0.2) is 0 Å². The molecule has 0 fully saturated rings. The summed E-state index contributed by atoms with van der Waals surface area (Å²) in [5.41, 5.74) is 0.0712. The molecular weight excluding hydrogens is 405 g/mol. The van der Waals surface area contributed by atoms with Crippen LogP contribution in [0, 0.1) is 6.92 Å². The van der Waals surface area contributed by atoms with E-state index in [1.807, 2.05) is 6.92 Å². The van der Waals surface area contributed by atoms with Gasteiger partial charge < -0.3 is 4.74 Å². The van der Waals surface area contributed by atoms with E-state index in [0.29, 0.717) is 0 Å². The van der Waals surface area contributed by atoms with E-state index in [4.69, 9.17) is 8.92 Å². The minimum absolute atomic E-state index is 0.0152. The number of benzene rings is 2. The lowest BCUT2D eigenvalue weighted by Gasteiger charge is -2.08. The van der Waals surface area contributed by atoms with Crippen LogP contribution in [0.25, 0.3) is 0 Å². The van der Waals surface area contributed by atoms with Crippen molar-refractivity contribution in [3.05, 3.63) is 59.7 Å². The van der Waals surface area contributed by atoms with Crippen LogP contribution in [0.4, 0.5) is 13.2 Å². The Bertz CT molecular complexity index is 876. The smallest absolute Gasteiger partial charge is 0.365 e. The minimum Gasteiger partial charge on any atom is -0.365 e. The molecule has 0 heterocycles. The molecule has 0 bridgehead atoms. The highest BCUT2D eigenvalue weighted by Gasteiger charge is 2.30. The molecule has 0 amide bonds. The second-order valence-electron chi connectivity index (χ2n) is 5.48. The van der Waals surface area contributed by atoms with Crippen molar-refractivity contribution in [2.45, 2.75) is 22.9 Å². The lowest BCUT2D eigenvalue weighted by molar-refractivity contribution is -0.137. The minimum atomic E-state index is -4.46. The highest BCUT2D eigenvalue weighted by Crippen LogP contribution is 2.29. The normalized spacial score (nSPS) is 13.5. The molecule has 0 radical (unpaired) electrons. The van der Waals surface area contributed by atoms with Crippen LogP contribution in [0.3, 0.4) is 0 Å². The molecule has 0 aliphatic heterocycles. The van der Waals surface area contributed by atoms with Crippen molar-refractivity contribution >= 4 is 20.9 Å². The standard InChI is InChI=1S/C17H17F3O5S2/c1-13-2-8-16(9-3-13)27(22,23)25-11-10-24-12-26(21)15-6-4-14(5-7-15)17(18,19)20/h2-9H,10-12H2,1H3. The van der Waals surface area contributed by atoms with E-state index < -0.39 is 32.7 Å². The van der Waals surface area contributed by atoms with Gasteiger partial charge in [-0.05, 0) is 43.3 Å². The van der Waals surface area contributed by atoms with E-state index in [1.54, 1.807) is 12.1 Å². The zero-order chi connectivity index (χ0) is 20.1. The topological polar surface area (TPSA) is 69.7 Å². The number of rotatable bonds is 8. The summed E-state index contributed by atoms with van der Waals surface area (Å²) >= 11 is 0. The molecule has 1 unspecified atom stereocenters. The fraction of sp³-hybridized carbons (Fsp3) is 0.294. The molecule has 5 nitrogen and oxygen atoms in total. The van der Waals surface area contributed by atoms with Crippen molar-refractivity contribution in [1.82, 2.24) is 0 Å². The Morgan fingerprint density at radius 2 is 1.56 bits per heavy atom. The van der Waals surface area contributed by atoms with Crippen LogP contribution in [0.5, 0.6) is 0 Å². The van der Waals surface area contributed by atoms with Crippen molar-refractivity contribution in [2.24, 2.45) is 0 Å². The maximum absolute atomic E-state index is 12.5. The summed E-state index contributed by atoms with van der Waals surface area (Å²) in [5.74, 6) is -0.292. The molecule has 0 saturated heterocycles. The summed E-state index contributed by atoms with van der Waals surface area (Å²) in [6, 6.07) is 10.0. The molecule has 0 saturated carbocycles. The first kappa shape index (κ1) is 21.5. The Kier molecular flexibility index (Phi) is 7.15. The number of halogens is 3. The summed E-state index contributed by atoms with van der Waals surface area (Å²) in [5, 5.41) is 0. The molecule has 0 spiro atoms. The van der Waals surface area contributed by atoms with E-state index in [1.165, 1.54) is 12.1 Å². The van der Waals surface area contributed by atoms with Gasteiger partial charge in [-0.15, -0.1) is 0 Å². The molecule has 0 aliphatic carbocycles. The largest absolute Gasteiger partial charge is 0.416 e. The molecule has 0 aliphatic rings. The van der Waals surface area contributed by atoms with E-state index in [2.05, 4.69) is 0 Å². The first-order valence-electron chi connectivity index (χ1n) is 7.69. The van der Waals surface area contributed by atoms with Gasteiger partial charge in [0.2, 0.25) is 0 Å². The first-order chi connectivity index (χ1) is 12.6. The number of ether oxygens (including phenoxy) is 1. The highest BCUT2D eigenvalue weighted by atomic mass is 32.2. The molecule has 1 atom stereocenters. The first-order valence-corrected chi connectivity index (χ1v) is 10.4. The maximum Gasteiger partial charge on any atom is 0.416 e. The summed E-state index contributed by atoms with van der Waals surface area (Å²) in [6.07, 6.45) is -4.46. The van der Waals surface area contributed by atoms with Gasteiger partial charge >= 0.3 is 6.18 Å². The molecule has 2 rings (SSSR count). The predicted molar refractivity (Wildman–Crippen MR) is 93.0 cm³/mol. The number of aryl methyl sites for hydroxylation is 1. The molecule has 2 aromatic rings. The highest BCUT2D eigenvalue weighted by molar-refractivity contribution is 7.86. The maximum atomic E-state index is 12.5. The summed E-state index contributed by atoms with van der Waals surface area (Å²) < 4.78 is 83.2. The van der Waals surface area contributed by atoms with Crippen molar-refractivity contribution in [2.75, 3.05) is 19.2 Å². The van der Waals surface area contributed by atoms with Crippen LogP contribution in [0.15, 0.2) is 58.3 Å². The van der Waals surface area contributed by atoms with Gasteiger partial charge in [-0.1, -0.05) is 17.7 Å². The molecule has 148 valence electrons. The third-order valence-corrected chi connectivity index (χ3v) is 5.92. The Labute approximate surface area is 157 Å². The molecular formula is C17H17F3O5S2. The van der Waals surface area contributed by atoms with Crippen molar-refractivity contribution in [1.29, 1.82) is 0 Å². The Morgan fingerprint density at radius 1 is 0.963 bits per heavy atom. The third kappa shape index (κ3) is 6.42. The van der Waals surface area contributed by atoms with Gasteiger partial charge in [0.25, 0.3) is 10.1 Å². The predicted octanol–water partition coefficient (Wildman–Crippen LogP) is 3.50. The Balaban J connectivity index is 1.78. The molecule has 2 aromatic carbocycles. The van der Waals surface area contributed by atoms with Crippen LogP contribution in [0.2, 0.25) is 0 Å². The van der Waals surface area contributed by atoms with Crippen LogP contribution < -0.4 is 0 Å². The fourth-order valence-corrected chi connectivity index (χ4v) is 3.71. The second kappa shape index (κ2) is 8.96.